The molecule has 0 saturated carbocycles. The lowest BCUT2D eigenvalue weighted by Crippen LogP contribution is -2.58. The highest BCUT2D eigenvalue weighted by Crippen LogP contribution is 2.07. The Morgan fingerprint density at radius 1 is 1.03 bits per heavy atom. The third-order valence-electron chi connectivity index (χ3n) is 4.87. The van der Waals surface area contributed by atoms with Gasteiger partial charge in [-0.1, -0.05) is 13.8 Å². The van der Waals surface area contributed by atoms with Crippen LogP contribution in [-0.2, 0) is 30.4 Å². The Kier molecular flexibility index (Phi) is 12.1. The Labute approximate surface area is 201 Å². The average molecular weight is 501 g/mol. The fourth-order valence-electron chi connectivity index (χ4n) is 2.82. The Morgan fingerprint density at radius 2 is 1.62 bits per heavy atom. The topological polar surface area (TPSA) is 217 Å². The summed E-state index contributed by atoms with van der Waals surface area (Å²) < 4.78 is 0. The molecule has 0 fully saturated rings. The fourth-order valence-corrected chi connectivity index (χ4v) is 3.29. The van der Waals surface area contributed by atoms with E-state index in [2.05, 4.69) is 25.9 Å². The number of carboxylic acid groups (broad SMARTS) is 2. The molecule has 1 aromatic rings. The van der Waals surface area contributed by atoms with Crippen LogP contribution in [0.2, 0.25) is 0 Å². The molecule has 14 heteroatoms. The summed E-state index contributed by atoms with van der Waals surface area (Å²) >= 11 is 1.46. The van der Waals surface area contributed by atoms with E-state index in [4.69, 9.17) is 10.8 Å². The van der Waals surface area contributed by atoms with Crippen molar-refractivity contribution in [3.63, 3.8) is 0 Å². The third-order valence-corrected chi connectivity index (χ3v) is 5.51. The van der Waals surface area contributed by atoms with Gasteiger partial charge in [0.1, 0.15) is 18.1 Å². The molecule has 0 aromatic carbocycles. The first-order valence-electron chi connectivity index (χ1n) is 10.5. The summed E-state index contributed by atoms with van der Waals surface area (Å²) in [5.41, 5.74) is 6.34. The summed E-state index contributed by atoms with van der Waals surface area (Å²) in [6, 6.07) is -4.78. The normalized spacial score (nSPS) is 14.5. The zero-order chi connectivity index (χ0) is 25.8. The average Bonchev–Trinajstić information content (AvgIpc) is 3.27. The molecule has 0 aliphatic rings. The Hall–Kier alpha value is -3.13. The van der Waals surface area contributed by atoms with Gasteiger partial charge in [0.05, 0.1) is 18.8 Å². The Bertz CT molecular complexity index is 848. The standard InChI is InChI=1S/C20H32N6O7S/c1-10(2)16(21)19(31)24-12(4-5-34-3)17(29)25-13(6-11-8-22-9-23-11)18(30)26-14(20(32)33)7-15(27)28/h8-10,12-14,16H,4-7,21H2,1-3H3,(H,22,23)(H,24,31)(H,25,29)(H,26,30)(H,27,28)(H,32,33). The number of hydrogen-bond donors (Lipinski definition) is 7. The number of nitrogens with one attached hydrogen (secondary N) is 4. The van der Waals surface area contributed by atoms with Gasteiger partial charge in [-0.15, -0.1) is 0 Å². The summed E-state index contributed by atoms with van der Waals surface area (Å²) in [7, 11) is 0. The summed E-state index contributed by atoms with van der Waals surface area (Å²) in [6.45, 7) is 3.53. The molecular formula is C20H32N6O7S. The smallest absolute Gasteiger partial charge is 0.326 e. The number of hydrogen-bond acceptors (Lipinski definition) is 8. The van der Waals surface area contributed by atoms with E-state index in [1.165, 1.54) is 24.3 Å². The largest absolute Gasteiger partial charge is 0.481 e. The monoisotopic (exact) mass is 500 g/mol. The highest BCUT2D eigenvalue weighted by molar-refractivity contribution is 7.98. The van der Waals surface area contributed by atoms with Gasteiger partial charge >= 0.3 is 11.9 Å². The van der Waals surface area contributed by atoms with Gasteiger partial charge in [0.15, 0.2) is 0 Å². The maximum atomic E-state index is 13.0. The predicted molar refractivity (Wildman–Crippen MR) is 124 cm³/mol. The van der Waals surface area contributed by atoms with Crippen LogP contribution in [0.5, 0.6) is 0 Å². The number of nitrogens with two attached hydrogens (primary N) is 1. The molecule has 0 aliphatic heterocycles. The lowest BCUT2D eigenvalue weighted by Gasteiger charge is -2.25. The van der Waals surface area contributed by atoms with E-state index < -0.39 is 60.2 Å². The van der Waals surface area contributed by atoms with Crippen molar-refractivity contribution >= 4 is 41.4 Å². The van der Waals surface area contributed by atoms with Gasteiger partial charge in [0.2, 0.25) is 17.7 Å². The fraction of sp³-hybridized carbons (Fsp3) is 0.600. The van der Waals surface area contributed by atoms with Gasteiger partial charge in [0, 0.05) is 18.3 Å². The number of amides is 3. The van der Waals surface area contributed by atoms with Crippen molar-refractivity contribution in [1.29, 1.82) is 0 Å². The molecule has 0 aliphatic carbocycles. The number of thioether (sulfide) groups is 1. The van der Waals surface area contributed by atoms with Crippen LogP contribution in [-0.4, -0.2) is 86.0 Å². The number of nitrogens with zero attached hydrogens (tertiary/aromatic N) is 1. The third kappa shape index (κ3) is 9.79. The molecule has 1 aromatic heterocycles. The SMILES string of the molecule is CSCCC(NC(=O)C(N)C(C)C)C(=O)NC(Cc1cnc[nH]1)C(=O)NC(CC(=O)O)C(=O)O. The predicted octanol–water partition coefficient (Wildman–Crippen LogP) is -1.30. The maximum Gasteiger partial charge on any atom is 0.326 e. The summed E-state index contributed by atoms with van der Waals surface area (Å²) in [6.07, 6.45) is 3.97. The number of rotatable bonds is 15. The molecule has 0 bridgehead atoms. The molecule has 3 amide bonds. The van der Waals surface area contributed by atoms with E-state index in [1.54, 1.807) is 13.8 Å². The van der Waals surface area contributed by atoms with Crippen molar-refractivity contribution in [3.05, 3.63) is 18.2 Å². The van der Waals surface area contributed by atoms with Crippen LogP contribution in [0.15, 0.2) is 12.5 Å². The van der Waals surface area contributed by atoms with E-state index in [1.807, 2.05) is 6.26 Å². The van der Waals surface area contributed by atoms with Gasteiger partial charge in [0.25, 0.3) is 0 Å². The number of carboxylic acids is 2. The molecule has 0 radical (unpaired) electrons. The minimum absolute atomic E-state index is 0.0777. The number of carbonyl (C=O) groups is 5. The van der Waals surface area contributed by atoms with Crippen molar-refractivity contribution < 1.29 is 34.2 Å². The van der Waals surface area contributed by atoms with Crippen molar-refractivity contribution in [3.8, 4) is 0 Å². The van der Waals surface area contributed by atoms with Gasteiger partial charge in [-0.3, -0.25) is 19.2 Å². The lowest BCUT2D eigenvalue weighted by atomic mass is 10.0. The maximum absolute atomic E-state index is 13.0. The zero-order valence-electron chi connectivity index (χ0n) is 19.2. The second-order valence-corrected chi connectivity index (χ2v) is 8.94. The van der Waals surface area contributed by atoms with E-state index in [-0.39, 0.29) is 18.8 Å². The highest BCUT2D eigenvalue weighted by atomic mass is 32.2. The van der Waals surface area contributed by atoms with Crippen LogP contribution in [0.3, 0.4) is 0 Å². The van der Waals surface area contributed by atoms with Crippen LogP contribution in [0.4, 0.5) is 0 Å². The number of imidazole rings is 1. The quantitative estimate of drug-likeness (QED) is 0.151. The number of carbonyl (C=O) groups excluding carboxylic acids is 3. The number of H-pyrrole nitrogens is 1. The lowest BCUT2D eigenvalue weighted by molar-refractivity contribution is -0.147. The highest BCUT2D eigenvalue weighted by Gasteiger charge is 2.31. The van der Waals surface area contributed by atoms with E-state index >= 15 is 0 Å². The number of aliphatic carboxylic acids is 2. The molecular weight excluding hydrogens is 468 g/mol. The van der Waals surface area contributed by atoms with Gasteiger partial charge in [-0.25, -0.2) is 9.78 Å². The molecule has 13 nitrogen and oxygen atoms in total. The molecule has 0 spiro atoms. The number of aromatic amines is 1. The van der Waals surface area contributed by atoms with Crippen molar-refractivity contribution in [1.82, 2.24) is 25.9 Å². The molecule has 4 atom stereocenters. The van der Waals surface area contributed by atoms with E-state index in [0.29, 0.717) is 11.4 Å². The first-order chi connectivity index (χ1) is 16.0. The summed E-state index contributed by atoms with van der Waals surface area (Å²) in [5, 5.41) is 25.4. The zero-order valence-corrected chi connectivity index (χ0v) is 20.1. The van der Waals surface area contributed by atoms with Crippen LogP contribution in [0.25, 0.3) is 0 Å². The summed E-state index contributed by atoms with van der Waals surface area (Å²) in [5.74, 6) is -4.65. The van der Waals surface area contributed by atoms with Crippen LogP contribution < -0.4 is 21.7 Å². The van der Waals surface area contributed by atoms with Gasteiger partial charge < -0.3 is 36.9 Å². The number of aromatic nitrogens is 2. The van der Waals surface area contributed by atoms with E-state index in [0.717, 1.165) is 0 Å². The molecule has 1 heterocycles. The van der Waals surface area contributed by atoms with Crippen LogP contribution in [0, 0.1) is 5.92 Å². The van der Waals surface area contributed by atoms with Crippen molar-refractivity contribution in [2.24, 2.45) is 11.7 Å². The van der Waals surface area contributed by atoms with Crippen molar-refractivity contribution in [2.45, 2.75) is 57.3 Å². The minimum Gasteiger partial charge on any atom is -0.481 e. The molecule has 0 saturated heterocycles. The van der Waals surface area contributed by atoms with Gasteiger partial charge in [-0.05, 0) is 24.3 Å². The molecule has 190 valence electrons. The molecule has 1 rings (SSSR count). The first kappa shape index (κ1) is 28.9. The Balaban J connectivity index is 3.06. The van der Waals surface area contributed by atoms with E-state index in [9.17, 15) is 29.1 Å². The molecule has 4 unspecified atom stereocenters. The first-order valence-corrected chi connectivity index (χ1v) is 11.9. The van der Waals surface area contributed by atoms with Crippen LogP contribution in [0.1, 0.15) is 32.4 Å². The Morgan fingerprint density at radius 3 is 2.12 bits per heavy atom. The van der Waals surface area contributed by atoms with Crippen LogP contribution >= 0.6 is 11.8 Å². The minimum atomic E-state index is -1.69. The summed E-state index contributed by atoms with van der Waals surface area (Å²) in [4.78, 5) is 67.2. The molecule has 8 N–H and O–H groups in total. The van der Waals surface area contributed by atoms with Crippen molar-refractivity contribution in [2.75, 3.05) is 12.0 Å². The second-order valence-electron chi connectivity index (χ2n) is 7.95. The van der Waals surface area contributed by atoms with Gasteiger partial charge in [-0.2, -0.15) is 11.8 Å². The molecule has 34 heavy (non-hydrogen) atoms. The second kappa shape index (κ2) is 14.2.